The van der Waals surface area contributed by atoms with Gasteiger partial charge in [-0.2, -0.15) is 0 Å². The van der Waals surface area contributed by atoms with Crippen molar-refractivity contribution in [3.05, 3.63) is 29.8 Å². The second kappa shape index (κ2) is 8.62. The molecular weight excluding hydrogens is 252 g/mol. The van der Waals surface area contributed by atoms with Gasteiger partial charge in [-0.05, 0) is 42.9 Å². The molecule has 0 saturated carbocycles. The monoisotopic (exact) mass is 278 g/mol. The molecule has 1 aromatic carbocycles. The molecule has 0 aliphatic rings. The summed E-state index contributed by atoms with van der Waals surface area (Å²) < 4.78 is 5.64. The van der Waals surface area contributed by atoms with Crippen LogP contribution in [0.2, 0.25) is 0 Å². The molecule has 0 amide bonds. The summed E-state index contributed by atoms with van der Waals surface area (Å²) in [5.41, 5.74) is 1.20. The van der Waals surface area contributed by atoms with E-state index in [1.165, 1.54) is 5.56 Å². The lowest BCUT2D eigenvalue weighted by molar-refractivity contribution is -0.141. The molecule has 1 aromatic rings. The van der Waals surface area contributed by atoms with Crippen molar-refractivity contribution in [1.82, 2.24) is 0 Å². The first kappa shape index (κ1) is 16.5. The van der Waals surface area contributed by atoms with Crippen LogP contribution in [0.3, 0.4) is 0 Å². The summed E-state index contributed by atoms with van der Waals surface area (Å²) in [5, 5.41) is 9.02. The summed E-state index contributed by atoms with van der Waals surface area (Å²) in [5.74, 6) is 0.164. The number of hydrogen-bond donors (Lipinski definition) is 1. The fraction of sp³-hybridized carbons (Fsp3) is 0.588. The van der Waals surface area contributed by atoms with Crippen molar-refractivity contribution < 1.29 is 14.6 Å². The van der Waals surface area contributed by atoms with Crippen LogP contribution in [0.5, 0.6) is 5.75 Å². The number of hydrogen-bond acceptors (Lipinski definition) is 2. The van der Waals surface area contributed by atoms with Crippen LogP contribution in [0.15, 0.2) is 24.3 Å². The van der Waals surface area contributed by atoms with Crippen LogP contribution >= 0.6 is 0 Å². The lowest BCUT2D eigenvalue weighted by atomic mass is 9.88. The van der Waals surface area contributed by atoms with E-state index in [0.717, 1.165) is 31.6 Å². The Hall–Kier alpha value is -1.51. The Morgan fingerprint density at radius 1 is 1.25 bits per heavy atom. The van der Waals surface area contributed by atoms with E-state index in [2.05, 4.69) is 26.0 Å². The minimum absolute atomic E-state index is 0.297. The van der Waals surface area contributed by atoms with E-state index in [0.29, 0.717) is 12.3 Å². The van der Waals surface area contributed by atoms with E-state index in [1.54, 1.807) is 6.92 Å². The SMILES string of the molecule is CCCCOc1ccc(C(CC)CC(C)C(=O)O)cc1. The highest BCUT2D eigenvalue weighted by Gasteiger charge is 2.18. The summed E-state index contributed by atoms with van der Waals surface area (Å²) in [7, 11) is 0. The maximum absolute atomic E-state index is 11.0. The number of carboxylic acids is 1. The molecule has 3 nitrogen and oxygen atoms in total. The van der Waals surface area contributed by atoms with Gasteiger partial charge in [0.2, 0.25) is 0 Å². The second-order valence-corrected chi connectivity index (χ2v) is 5.35. The van der Waals surface area contributed by atoms with E-state index in [-0.39, 0.29) is 5.92 Å². The molecule has 2 atom stereocenters. The van der Waals surface area contributed by atoms with Gasteiger partial charge in [0.15, 0.2) is 0 Å². The molecule has 20 heavy (non-hydrogen) atoms. The van der Waals surface area contributed by atoms with E-state index in [9.17, 15) is 4.79 Å². The molecular formula is C17H26O3. The minimum Gasteiger partial charge on any atom is -0.494 e. The van der Waals surface area contributed by atoms with Crippen LogP contribution in [0.25, 0.3) is 0 Å². The van der Waals surface area contributed by atoms with Gasteiger partial charge in [-0.3, -0.25) is 4.79 Å². The van der Waals surface area contributed by atoms with Crippen molar-refractivity contribution in [3.8, 4) is 5.75 Å². The highest BCUT2D eigenvalue weighted by molar-refractivity contribution is 5.69. The number of ether oxygens (including phenoxy) is 1. The number of carbonyl (C=O) groups is 1. The van der Waals surface area contributed by atoms with Gasteiger partial charge < -0.3 is 9.84 Å². The molecule has 0 fully saturated rings. The Morgan fingerprint density at radius 2 is 1.90 bits per heavy atom. The van der Waals surface area contributed by atoms with Gasteiger partial charge in [-0.25, -0.2) is 0 Å². The van der Waals surface area contributed by atoms with Crippen molar-refractivity contribution in [2.24, 2.45) is 5.92 Å². The van der Waals surface area contributed by atoms with Crippen LogP contribution in [0.4, 0.5) is 0 Å². The van der Waals surface area contributed by atoms with E-state index < -0.39 is 5.97 Å². The Labute approximate surface area is 122 Å². The number of benzene rings is 1. The van der Waals surface area contributed by atoms with Crippen LogP contribution in [0.1, 0.15) is 57.9 Å². The first-order valence-corrected chi connectivity index (χ1v) is 7.54. The van der Waals surface area contributed by atoms with Gasteiger partial charge in [0.1, 0.15) is 5.75 Å². The molecule has 0 aromatic heterocycles. The number of carboxylic acid groups (broad SMARTS) is 1. The van der Waals surface area contributed by atoms with E-state index >= 15 is 0 Å². The molecule has 1 N–H and O–H groups in total. The highest BCUT2D eigenvalue weighted by atomic mass is 16.5. The van der Waals surface area contributed by atoms with E-state index in [4.69, 9.17) is 9.84 Å². The van der Waals surface area contributed by atoms with Crippen molar-refractivity contribution >= 4 is 5.97 Å². The smallest absolute Gasteiger partial charge is 0.306 e. The first-order valence-electron chi connectivity index (χ1n) is 7.54. The second-order valence-electron chi connectivity index (χ2n) is 5.35. The lowest BCUT2D eigenvalue weighted by Gasteiger charge is -2.18. The number of aliphatic carboxylic acids is 1. The quantitative estimate of drug-likeness (QED) is 0.678. The molecule has 2 unspecified atom stereocenters. The topological polar surface area (TPSA) is 46.5 Å². The standard InChI is InChI=1S/C17H26O3/c1-4-6-11-20-16-9-7-15(8-10-16)14(5-2)12-13(3)17(18)19/h7-10,13-14H,4-6,11-12H2,1-3H3,(H,18,19). The third kappa shape index (κ3) is 5.24. The molecule has 3 heteroatoms. The largest absolute Gasteiger partial charge is 0.494 e. The Bertz CT molecular complexity index is 397. The zero-order chi connectivity index (χ0) is 15.0. The molecule has 1 rings (SSSR count). The number of rotatable bonds is 9. The van der Waals surface area contributed by atoms with Crippen molar-refractivity contribution in [1.29, 1.82) is 0 Å². The predicted molar refractivity (Wildman–Crippen MR) is 81.3 cm³/mol. The van der Waals surface area contributed by atoms with Crippen LogP contribution in [-0.2, 0) is 4.79 Å². The fourth-order valence-corrected chi connectivity index (χ4v) is 2.24. The first-order chi connectivity index (χ1) is 9.58. The Balaban J connectivity index is 2.62. The molecule has 0 bridgehead atoms. The van der Waals surface area contributed by atoms with Crippen LogP contribution in [0, 0.1) is 5.92 Å². The highest BCUT2D eigenvalue weighted by Crippen LogP contribution is 2.28. The minimum atomic E-state index is -0.719. The predicted octanol–water partition coefficient (Wildman–Crippen LogP) is 4.47. The summed E-state index contributed by atoms with van der Waals surface area (Å²) in [4.78, 5) is 11.0. The van der Waals surface area contributed by atoms with Gasteiger partial charge >= 0.3 is 5.97 Å². The van der Waals surface area contributed by atoms with Crippen molar-refractivity contribution in [3.63, 3.8) is 0 Å². The maximum Gasteiger partial charge on any atom is 0.306 e. The zero-order valence-electron chi connectivity index (χ0n) is 12.8. The van der Waals surface area contributed by atoms with Gasteiger partial charge in [-0.1, -0.05) is 39.3 Å². The zero-order valence-corrected chi connectivity index (χ0v) is 12.8. The third-order valence-corrected chi connectivity index (χ3v) is 3.67. The third-order valence-electron chi connectivity index (χ3n) is 3.67. The summed E-state index contributed by atoms with van der Waals surface area (Å²) in [6.45, 7) is 6.77. The van der Waals surface area contributed by atoms with Gasteiger partial charge in [0, 0.05) is 0 Å². The average Bonchev–Trinajstić information content (AvgIpc) is 2.45. The Kier molecular flexibility index (Phi) is 7.13. The molecule has 0 radical (unpaired) electrons. The maximum atomic E-state index is 11.0. The van der Waals surface area contributed by atoms with Gasteiger partial charge in [0.05, 0.1) is 12.5 Å². The van der Waals surface area contributed by atoms with Crippen molar-refractivity contribution in [2.75, 3.05) is 6.61 Å². The molecule has 0 aliphatic heterocycles. The molecule has 0 spiro atoms. The lowest BCUT2D eigenvalue weighted by Crippen LogP contribution is -2.13. The number of unbranched alkanes of at least 4 members (excludes halogenated alkanes) is 1. The average molecular weight is 278 g/mol. The fourth-order valence-electron chi connectivity index (χ4n) is 2.24. The van der Waals surface area contributed by atoms with Gasteiger partial charge in [0.25, 0.3) is 0 Å². The normalized spacial score (nSPS) is 13.8. The molecule has 0 heterocycles. The Morgan fingerprint density at radius 3 is 2.40 bits per heavy atom. The summed E-state index contributed by atoms with van der Waals surface area (Å²) in [6.07, 6.45) is 3.83. The van der Waals surface area contributed by atoms with Crippen LogP contribution < -0.4 is 4.74 Å². The molecule has 0 saturated heterocycles. The van der Waals surface area contributed by atoms with Gasteiger partial charge in [-0.15, -0.1) is 0 Å². The van der Waals surface area contributed by atoms with Crippen LogP contribution in [-0.4, -0.2) is 17.7 Å². The van der Waals surface area contributed by atoms with E-state index in [1.807, 2.05) is 12.1 Å². The molecule has 0 aliphatic carbocycles. The van der Waals surface area contributed by atoms with Crippen molar-refractivity contribution in [2.45, 2.75) is 52.4 Å². The molecule has 112 valence electrons. The summed E-state index contributed by atoms with van der Waals surface area (Å²) in [6, 6.07) is 8.09. The summed E-state index contributed by atoms with van der Waals surface area (Å²) >= 11 is 0.